The molecule has 1 saturated heterocycles. The number of piperidine rings is 1. The maximum atomic E-state index is 14.7. The maximum Gasteiger partial charge on any atom is 0.265 e. The fraction of sp³-hybridized carbons (Fsp3) is 0.400. The van der Waals surface area contributed by atoms with Gasteiger partial charge < -0.3 is 4.90 Å². The first-order chi connectivity index (χ1) is 20.2. The Morgan fingerprint density at radius 2 is 1.76 bits per heavy atom. The number of para-hydroxylation sites is 1. The van der Waals surface area contributed by atoms with Crippen molar-refractivity contribution in [2.45, 2.75) is 79.2 Å². The average Bonchev–Trinajstić information content (AvgIpc) is 3.47. The smallest absolute Gasteiger partial charge is 0.265 e. The molecule has 0 unspecified atom stereocenters. The Balaban J connectivity index is 1.81. The zero-order chi connectivity index (χ0) is 30.0. The van der Waals surface area contributed by atoms with Crippen molar-refractivity contribution in [3.8, 4) is 27.5 Å². The fourth-order valence-electron chi connectivity index (χ4n) is 6.02. The van der Waals surface area contributed by atoms with Crippen LogP contribution in [-0.4, -0.2) is 32.9 Å². The van der Waals surface area contributed by atoms with Crippen LogP contribution in [0.15, 0.2) is 58.7 Å². The minimum Gasteiger partial charge on any atom is -0.336 e. The van der Waals surface area contributed by atoms with Gasteiger partial charge in [-0.2, -0.15) is 0 Å². The lowest BCUT2D eigenvalue weighted by Crippen LogP contribution is -2.43. The van der Waals surface area contributed by atoms with E-state index in [0.717, 1.165) is 72.4 Å². The van der Waals surface area contributed by atoms with Gasteiger partial charge in [0.1, 0.15) is 5.01 Å². The van der Waals surface area contributed by atoms with Crippen LogP contribution in [0.4, 0.5) is 0 Å². The topological polar surface area (TPSA) is 55.2 Å². The second kappa shape index (κ2) is 13.0. The number of carbonyl (C=O) groups is 1. The third-order valence-corrected chi connectivity index (χ3v) is 9.39. The number of hydrogen-bond donors (Lipinski definition) is 0. The molecule has 0 N–H and O–H groups in total. The van der Waals surface area contributed by atoms with Crippen molar-refractivity contribution in [3.05, 3.63) is 91.7 Å². The highest BCUT2D eigenvalue weighted by Crippen LogP contribution is 2.33. The number of carbonyl (C=O) groups excluding carboxylic acids is 1. The van der Waals surface area contributed by atoms with Crippen molar-refractivity contribution < 1.29 is 4.79 Å². The van der Waals surface area contributed by atoms with Crippen molar-refractivity contribution in [2.24, 2.45) is 5.92 Å². The number of thiazole rings is 1. The van der Waals surface area contributed by atoms with E-state index < -0.39 is 0 Å². The first-order valence-corrected chi connectivity index (χ1v) is 16.4. The number of rotatable bonds is 8. The van der Waals surface area contributed by atoms with Crippen LogP contribution in [0, 0.1) is 5.92 Å². The van der Waals surface area contributed by atoms with Gasteiger partial charge in [0.25, 0.3) is 11.5 Å². The van der Waals surface area contributed by atoms with E-state index in [9.17, 15) is 9.59 Å². The van der Waals surface area contributed by atoms with Crippen LogP contribution in [0.1, 0.15) is 81.1 Å². The largest absolute Gasteiger partial charge is 0.336 e. The van der Waals surface area contributed by atoms with Crippen LogP contribution in [0.2, 0.25) is 5.02 Å². The zero-order valence-electron chi connectivity index (χ0n) is 25.2. The predicted octanol–water partition coefficient (Wildman–Crippen LogP) is 8.62. The fourth-order valence-corrected chi connectivity index (χ4v) is 6.99. The highest BCUT2D eigenvalue weighted by molar-refractivity contribution is 7.13. The van der Waals surface area contributed by atoms with Gasteiger partial charge in [-0.05, 0) is 80.7 Å². The van der Waals surface area contributed by atoms with Gasteiger partial charge in [-0.25, -0.2) is 4.98 Å². The number of pyridine rings is 1. The predicted molar refractivity (Wildman–Crippen MR) is 175 cm³/mol. The van der Waals surface area contributed by atoms with E-state index in [-0.39, 0.29) is 23.4 Å². The number of amides is 1. The third kappa shape index (κ3) is 5.97. The summed E-state index contributed by atoms with van der Waals surface area (Å²) in [5.74, 6) is 0.261. The van der Waals surface area contributed by atoms with Crippen LogP contribution in [0.3, 0.4) is 0 Å². The van der Waals surface area contributed by atoms with E-state index >= 15 is 0 Å². The Bertz CT molecular complexity index is 1610. The summed E-state index contributed by atoms with van der Waals surface area (Å²) in [5.41, 5.74) is 6.59. The van der Waals surface area contributed by atoms with Gasteiger partial charge in [0.2, 0.25) is 0 Å². The summed E-state index contributed by atoms with van der Waals surface area (Å²) in [7, 11) is 0. The van der Waals surface area contributed by atoms with E-state index in [0.29, 0.717) is 27.6 Å². The van der Waals surface area contributed by atoms with Gasteiger partial charge in [0, 0.05) is 34.2 Å². The minimum absolute atomic E-state index is 0.00867. The molecule has 2 aromatic carbocycles. The van der Waals surface area contributed by atoms with E-state index in [4.69, 9.17) is 16.6 Å². The molecule has 0 radical (unpaired) electrons. The molecule has 1 aliphatic heterocycles. The number of nitrogens with zero attached hydrogens (tertiary/aromatic N) is 3. The summed E-state index contributed by atoms with van der Waals surface area (Å²) in [6.45, 7) is 11.4. The summed E-state index contributed by atoms with van der Waals surface area (Å²) in [4.78, 5) is 36.1. The molecule has 0 saturated carbocycles. The molecule has 2 aromatic heterocycles. The first kappa shape index (κ1) is 30.2. The molecule has 0 bridgehead atoms. The van der Waals surface area contributed by atoms with Crippen molar-refractivity contribution in [2.75, 3.05) is 6.54 Å². The van der Waals surface area contributed by atoms with Crippen molar-refractivity contribution >= 4 is 28.8 Å². The van der Waals surface area contributed by atoms with Gasteiger partial charge in [-0.1, -0.05) is 69.6 Å². The molecule has 5 rings (SSSR count). The normalized spacial score (nSPS) is 15.4. The lowest BCUT2D eigenvalue weighted by molar-refractivity contribution is 0.0633. The molecule has 0 spiro atoms. The number of hydrogen-bond acceptors (Lipinski definition) is 4. The Morgan fingerprint density at radius 1 is 1.07 bits per heavy atom. The van der Waals surface area contributed by atoms with Crippen molar-refractivity contribution in [1.29, 1.82) is 0 Å². The zero-order valence-corrected chi connectivity index (χ0v) is 26.8. The third-order valence-electron chi connectivity index (χ3n) is 8.26. The van der Waals surface area contributed by atoms with Crippen LogP contribution < -0.4 is 5.56 Å². The van der Waals surface area contributed by atoms with E-state index in [1.165, 1.54) is 11.3 Å². The number of benzene rings is 2. The second-order valence-electron chi connectivity index (χ2n) is 11.7. The average molecular weight is 602 g/mol. The molecule has 1 fully saturated rings. The number of likely N-dealkylation sites (tertiary alicyclic amines) is 1. The van der Waals surface area contributed by atoms with Gasteiger partial charge >= 0.3 is 0 Å². The van der Waals surface area contributed by atoms with E-state index in [2.05, 4.69) is 52.8 Å². The highest BCUT2D eigenvalue weighted by atomic mass is 35.5. The summed E-state index contributed by atoms with van der Waals surface area (Å²) in [5, 5.41) is 3.24. The summed E-state index contributed by atoms with van der Waals surface area (Å²) < 4.78 is 1.87. The molecule has 4 aromatic rings. The Morgan fingerprint density at radius 3 is 2.38 bits per heavy atom. The van der Waals surface area contributed by atoms with Gasteiger partial charge in [0.15, 0.2) is 0 Å². The van der Waals surface area contributed by atoms with Crippen LogP contribution in [0.5, 0.6) is 0 Å². The quantitative estimate of drug-likeness (QED) is 0.203. The SMILES string of the molecule is CCc1cccc(CC)c1-n1c(CC(C)C)c(C(=O)N2CCCC[C@H]2C)cc(-c2nc(-c3ccc(Cl)cc3)cs2)c1=O. The Labute approximate surface area is 258 Å². The lowest BCUT2D eigenvalue weighted by atomic mass is 9.95. The standard InChI is InChI=1S/C35H40ClN3O2S/c1-6-24-12-10-13-25(7-2)32(24)39-31(19-22(3)4)28(34(40)38-18-9-8-11-23(38)5)20-29(35(39)41)33-37-30(21-42-33)26-14-16-27(36)17-15-26/h10,12-17,20-23H,6-9,11,18-19H2,1-5H3/t23-/m1/s1. The monoisotopic (exact) mass is 601 g/mol. The molecular weight excluding hydrogens is 562 g/mol. The maximum absolute atomic E-state index is 14.7. The first-order valence-electron chi connectivity index (χ1n) is 15.2. The molecule has 0 aliphatic carbocycles. The van der Waals surface area contributed by atoms with Crippen molar-refractivity contribution in [3.63, 3.8) is 0 Å². The Hall–Kier alpha value is -3.22. The molecule has 5 nitrogen and oxygen atoms in total. The van der Waals surface area contributed by atoms with Crippen molar-refractivity contribution in [1.82, 2.24) is 14.5 Å². The molecule has 1 aliphatic rings. The molecule has 42 heavy (non-hydrogen) atoms. The second-order valence-corrected chi connectivity index (χ2v) is 13.0. The number of aromatic nitrogens is 2. The number of aryl methyl sites for hydroxylation is 2. The lowest BCUT2D eigenvalue weighted by Gasteiger charge is -2.34. The molecule has 220 valence electrons. The van der Waals surface area contributed by atoms with Gasteiger partial charge in [-0.15, -0.1) is 11.3 Å². The summed E-state index contributed by atoms with van der Waals surface area (Å²) in [6.07, 6.45) is 5.31. The van der Waals surface area contributed by atoms with Gasteiger partial charge in [0.05, 0.1) is 22.5 Å². The van der Waals surface area contributed by atoms with Crippen LogP contribution in [-0.2, 0) is 19.3 Å². The summed E-state index contributed by atoms with van der Waals surface area (Å²) in [6, 6.07) is 15.8. The molecule has 1 amide bonds. The highest BCUT2D eigenvalue weighted by Gasteiger charge is 2.30. The molecular formula is C35H40ClN3O2S. The number of halogens is 1. The molecule has 1 atom stereocenters. The minimum atomic E-state index is -0.124. The van der Waals surface area contributed by atoms with Crippen LogP contribution in [0.25, 0.3) is 27.5 Å². The van der Waals surface area contributed by atoms with E-state index in [1.54, 1.807) is 0 Å². The van der Waals surface area contributed by atoms with Crippen LogP contribution >= 0.6 is 22.9 Å². The molecule has 7 heteroatoms. The molecule has 3 heterocycles. The Kier molecular flexibility index (Phi) is 9.34. The van der Waals surface area contributed by atoms with E-state index in [1.807, 2.05) is 45.2 Å². The summed E-state index contributed by atoms with van der Waals surface area (Å²) >= 11 is 7.55. The van der Waals surface area contributed by atoms with Gasteiger partial charge in [-0.3, -0.25) is 14.2 Å².